The van der Waals surface area contributed by atoms with Gasteiger partial charge in [0.05, 0.1) is 29.0 Å². The van der Waals surface area contributed by atoms with Gasteiger partial charge in [0.2, 0.25) is 5.91 Å². The van der Waals surface area contributed by atoms with Crippen LogP contribution in [-0.2, 0) is 9.53 Å². The first-order valence-corrected chi connectivity index (χ1v) is 7.40. The summed E-state index contributed by atoms with van der Waals surface area (Å²) in [5.41, 5.74) is 0.421. The van der Waals surface area contributed by atoms with Crippen LogP contribution in [-0.4, -0.2) is 42.1 Å². The van der Waals surface area contributed by atoms with E-state index >= 15 is 0 Å². The number of hydrogen-bond donors (Lipinski definition) is 1. The van der Waals surface area contributed by atoms with Gasteiger partial charge in [-0.2, -0.15) is 0 Å². The molecule has 1 amide bonds. The summed E-state index contributed by atoms with van der Waals surface area (Å²) in [4.78, 5) is 14.4. The van der Waals surface area contributed by atoms with Crippen LogP contribution >= 0.6 is 11.6 Å². The summed E-state index contributed by atoms with van der Waals surface area (Å²) in [6.45, 7) is 7.23. The first kappa shape index (κ1) is 16.2. The van der Waals surface area contributed by atoms with Crippen molar-refractivity contribution in [2.24, 2.45) is 0 Å². The molecule has 1 heterocycles. The molecule has 2 rings (SSSR count). The van der Waals surface area contributed by atoms with Crippen molar-refractivity contribution in [1.29, 1.82) is 0 Å². The minimum absolute atomic E-state index is 0.0957. The normalized spacial score (nSPS) is 24.6. The van der Waals surface area contributed by atoms with E-state index in [1.54, 1.807) is 0 Å². The van der Waals surface area contributed by atoms with Crippen LogP contribution in [0.25, 0.3) is 0 Å². The van der Waals surface area contributed by atoms with Gasteiger partial charge in [0, 0.05) is 13.1 Å². The van der Waals surface area contributed by atoms with Crippen molar-refractivity contribution in [3.63, 3.8) is 0 Å². The van der Waals surface area contributed by atoms with Crippen molar-refractivity contribution in [2.75, 3.05) is 18.4 Å². The number of carbonyl (C=O) groups excluding carboxylic acids is 1. The predicted molar refractivity (Wildman–Crippen MR) is 81.1 cm³/mol. The van der Waals surface area contributed by atoms with Crippen LogP contribution in [0, 0.1) is 5.82 Å². The average molecular weight is 315 g/mol. The van der Waals surface area contributed by atoms with Crippen molar-refractivity contribution in [2.45, 2.75) is 39.0 Å². The minimum Gasteiger partial charge on any atom is -0.373 e. The highest BCUT2D eigenvalue weighted by Crippen LogP contribution is 2.23. The Kier molecular flexibility index (Phi) is 5.19. The first-order chi connectivity index (χ1) is 9.86. The number of amides is 1. The summed E-state index contributed by atoms with van der Waals surface area (Å²) < 4.78 is 18.7. The highest BCUT2D eigenvalue weighted by Gasteiger charge is 2.29. The maximum Gasteiger partial charge on any atom is 0.241 e. The molecule has 0 aromatic heterocycles. The van der Waals surface area contributed by atoms with E-state index in [-0.39, 0.29) is 29.2 Å². The second-order valence-corrected chi connectivity index (χ2v) is 5.91. The fourth-order valence-corrected chi connectivity index (χ4v) is 2.74. The smallest absolute Gasteiger partial charge is 0.241 e. The fourth-order valence-electron chi connectivity index (χ4n) is 2.53. The van der Waals surface area contributed by atoms with E-state index in [0.717, 1.165) is 0 Å². The van der Waals surface area contributed by atoms with Crippen molar-refractivity contribution in [3.8, 4) is 0 Å². The van der Waals surface area contributed by atoms with Crippen molar-refractivity contribution >= 4 is 23.2 Å². The molecule has 3 atom stereocenters. The number of morpholine rings is 1. The number of benzene rings is 1. The largest absolute Gasteiger partial charge is 0.373 e. The van der Waals surface area contributed by atoms with Gasteiger partial charge in [-0.05, 0) is 39.0 Å². The Balaban J connectivity index is 2.02. The van der Waals surface area contributed by atoms with Crippen LogP contribution in [0.5, 0.6) is 0 Å². The number of ether oxygens (including phenoxy) is 1. The summed E-state index contributed by atoms with van der Waals surface area (Å²) in [5.74, 6) is -0.591. The lowest BCUT2D eigenvalue weighted by Gasteiger charge is -2.38. The molecule has 1 aromatic rings. The highest BCUT2D eigenvalue weighted by atomic mass is 35.5. The van der Waals surface area contributed by atoms with Gasteiger partial charge in [0.25, 0.3) is 0 Å². The van der Waals surface area contributed by atoms with Crippen LogP contribution in [0.15, 0.2) is 18.2 Å². The summed E-state index contributed by atoms with van der Waals surface area (Å²) >= 11 is 5.92. The quantitative estimate of drug-likeness (QED) is 0.932. The third-order valence-corrected chi connectivity index (χ3v) is 3.88. The molecule has 1 fully saturated rings. The van der Waals surface area contributed by atoms with Crippen LogP contribution in [0.3, 0.4) is 0 Å². The van der Waals surface area contributed by atoms with Gasteiger partial charge >= 0.3 is 0 Å². The molecule has 4 nitrogen and oxygen atoms in total. The van der Waals surface area contributed by atoms with Crippen molar-refractivity contribution in [1.82, 2.24) is 4.90 Å². The van der Waals surface area contributed by atoms with Crippen LogP contribution in [0.2, 0.25) is 5.02 Å². The number of hydrogen-bond acceptors (Lipinski definition) is 3. The number of nitrogens with zero attached hydrogens (tertiary/aromatic N) is 1. The van der Waals surface area contributed by atoms with Gasteiger partial charge < -0.3 is 10.1 Å². The van der Waals surface area contributed by atoms with Crippen LogP contribution in [0.4, 0.5) is 10.1 Å². The Labute approximate surface area is 129 Å². The highest BCUT2D eigenvalue weighted by molar-refractivity contribution is 6.33. The molecular weight excluding hydrogens is 295 g/mol. The van der Waals surface area contributed by atoms with Gasteiger partial charge in [-0.1, -0.05) is 11.6 Å². The Morgan fingerprint density at radius 2 is 2.05 bits per heavy atom. The van der Waals surface area contributed by atoms with E-state index in [2.05, 4.69) is 10.2 Å². The predicted octanol–water partition coefficient (Wildman–Crippen LogP) is 2.92. The SMILES string of the molecule is C[C@@H]1CN([C@@H](C)C(=O)Nc2ccc(F)cc2Cl)C[C@@H](C)O1. The Morgan fingerprint density at radius 3 is 2.62 bits per heavy atom. The molecule has 6 heteroatoms. The Bertz CT molecular complexity index is 516. The molecule has 0 bridgehead atoms. The minimum atomic E-state index is -0.429. The lowest BCUT2D eigenvalue weighted by molar-refractivity contribution is -0.126. The summed E-state index contributed by atoms with van der Waals surface area (Å²) in [6.07, 6.45) is 0.191. The van der Waals surface area contributed by atoms with Gasteiger partial charge in [0.15, 0.2) is 0 Å². The zero-order chi connectivity index (χ0) is 15.6. The topological polar surface area (TPSA) is 41.6 Å². The van der Waals surface area contributed by atoms with Crippen molar-refractivity contribution in [3.05, 3.63) is 29.0 Å². The van der Waals surface area contributed by atoms with Gasteiger partial charge in [-0.25, -0.2) is 4.39 Å². The molecule has 116 valence electrons. The Morgan fingerprint density at radius 1 is 1.43 bits per heavy atom. The number of anilines is 1. The maximum absolute atomic E-state index is 13.0. The molecule has 1 aliphatic heterocycles. The van der Waals surface area contributed by atoms with Crippen molar-refractivity contribution < 1.29 is 13.9 Å². The second kappa shape index (κ2) is 6.73. The lowest BCUT2D eigenvalue weighted by atomic mass is 10.1. The summed E-state index contributed by atoms with van der Waals surface area (Å²) in [6, 6.07) is 3.61. The van der Waals surface area contributed by atoms with Gasteiger partial charge in [0.1, 0.15) is 5.82 Å². The monoisotopic (exact) mass is 314 g/mol. The zero-order valence-electron chi connectivity index (χ0n) is 12.4. The molecule has 1 aromatic carbocycles. The third-order valence-electron chi connectivity index (χ3n) is 3.56. The summed E-state index contributed by atoms with van der Waals surface area (Å²) in [5, 5.41) is 2.94. The summed E-state index contributed by atoms with van der Waals surface area (Å²) in [7, 11) is 0. The molecule has 1 saturated heterocycles. The lowest BCUT2D eigenvalue weighted by Crippen LogP contribution is -2.52. The van der Waals surface area contributed by atoms with Gasteiger partial charge in [-0.3, -0.25) is 9.69 Å². The molecule has 0 aliphatic carbocycles. The molecule has 0 radical (unpaired) electrons. The van der Waals surface area contributed by atoms with E-state index in [0.29, 0.717) is 18.8 Å². The average Bonchev–Trinajstić information content (AvgIpc) is 2.40. The van der Waals surface area contributed by atoms with E-state index in [9.17, 15) is 9.18 Å². The molecule has 0 saturated carbocycles. The fraction of sp³-hybridized carbons (Fsp3) is 0.533. The molecule has 21 heavy (non-hydrogen) atoms. The maximum atomic E-state index is 13.0. The van der Waals surface area contributed by atoms with E-state index in [1.807, 2.05) is 20.8 Å². The van der Waals surface area contributed by atoms with Crippen LogP contribution in [0.1, 0.15) is 20.8 Å². The number of carbonyl (C=O) groups is 1. The molecule has 0 spiro atoms. The second-order valence-electron chi connectivity index (χ2n) is 5.50. The molecule has 1 N–H and O–H groups in total. The standard InChI is InChI=1S/C15H20ClFN2O2/c1-9-7-19(8-10(2)21-9)11(3)15(20)18-14-5-4-12(17)6-13(14)16/h4-6,9-11H,7-8H2,1-3H3,(H,18,20)/t9-,10-,11+/m1/s1. The number of nitrogens with one attached hydrogen (secondary N) is 1. The van der Waals surface area contributed by atoms with Crippen LogP contribution < -0.4 is 5.32 Å². The first-order valence-electron chi connectivity index (χ1n) is 7.02. The number of halogens is 2. The molecule has 1 aliphatic rings. The Hall–Kier alpha value is -1.17. The third kappa shape index (κ3) is 4.15. The van der Waals surface area contributed by atoms with E-state index in [4.69, 9.17) is 16.3 Å². The van der Waals surface area contributed by atoms with Gasteiger partial charge in [-0.15, -0.1) is 0 Å². The molecule has 0 unspecified atom stereocenters. The number of rotatable bonds is 3. The van der Waals surface area contributed by atoms with E-state index in [1.165, 1.54) is 18.2 Å². The van der Waals surface area contributed by atoms with E-state index < -0.39 is 5.82 Å². The zero-order valence-corrected chi connectivity index (χ0v) is 13.2. The molecular formula is C15H20ClFN2O2.